The first-order valence-electron chi connectivity index (χ1n) is 7.74. The maximum Gasteiger partial charge on any atom is 0.270 e. The molecule has 26 heavy (non-hydrogen) atoms. The molecule has 1 N–H and O–H groups in total. The van der Waals surface area contributed by atoms with Gasteiger partial charge < -0.3 is 9.47 Å². The summed E-state index contributed by atoms with van der Waals surface area (Å²) in [4.78, 5) is 16.8. The van der Waals surface area contributed by atoms with Crippen LogP contribution in [0.3, 0.4) is 0 Å². The zero-order valence-corrected chi connectivity index (χ0v) is 14.4. The molecule has 0 atom stereocenters. The summed E-state index contributed by atoms with van der Waals surface area (Å²) < 4.78 is 26.2. The van der Waals surface area contributed by atoms with E-state index in [0.29, 0.717) is 22.8 Å². The van der Waals surface area contributed by atoms with Gasteiger partial charge in [-0.15, -0.1) is 0 Å². The molecule has 2 aromatic carbocycles. The second-order valence-electron chi connectivity index (χ2n) is 5.66. The molecule has 0 aliphatic carbocycles. The van der Waals surface area contributed by atoms with Crippen molar-refractivity contribution in [3.8, 4) is 22.9 Å². The number of imidazole rings is 1. The van der Waals surface area contributed by atoms with Crippen LogP contribution in [0, 0.1) is 12.7 Å². The molecule has 1 amide bonds. The summed E-state index contributed by atoms with van der Waals surface area (Å²) in [6, 6.07) is 9.22. The van der Waals surface area contributed by atoms with Crippen LogP contribution in [0.1, 0.15) is 16.1 Å². The van der Waals surface area contributed by atoms with E-state index in [0.717, 1.165) is 0 Å². The number of fused-ring (bicyclic) bond motifs is 1. The van der Waals surface area contributed by atoms with Crippen molar-refractivity contribution in [2.75, 3.05) is 12.2 Å². The van der Waals surface area contributed by atoms with Gasteiger partial charge in [0.05, 0.1) is 22.5 Å². The van der Waals surface area contributed by atoms with Crippen molar-refractivity contribution in [2.24, 2.45) is 0 Å². The van der Waals surface area contributed by atoms with Crippen LogP contribution in [0.5, 0.6) is 11.5 Å². The van der Waals surface area contributed by atoms with Crippen molar-refractivity contribution in [1.82, 2.24) is 9.66 Å². The summed E-state index contributed by atoms with van der Waals surface area (Å²) in [6.07, 6.45) is 1.53. The number of halogens is 2. The quantitative estimate of drug-likeness (QED) is 0.759. The largest absolute Gasteiger partial charge is 0.454 e. The molecular formula is C18H13ClFN3O3. The summed E-state index contributed by atoms with van der Waals surface area (Å²) in [5.41, 5.74) is 3.82. The molecule has 6 nitrogen and oxygen atoms in total. The maximum absolute atomic E-state index is 14.3. The highest BCUT2D eigenvalue weighted by Gasteiger charge is 2.20. The lowest BCUT2D eigenvalue weighted by atomic mass is 10.2. The van der Waals surface area contributed by atoms with E-state index in [2.05, 4.69) is 10.4 Å². The van der Waals surface area contributed by atoms with Crippen molar-refractivity contribution in [3.63, 3.8) is 0 Å². The van der Waals surface area contributed by atoms with Crippen LogP contribution in [-0.4, -0.2) is 22.4 Å². The Bertz CT molecular complexity index is 999. The van der Waals surface area contributed by atoms with Gasteiger partial charge in [0.2, 0.25) is 6.79 Å². The molecular weight excluding hydrogens is 361 g/mol. The first-order chi connectivity index (χ1) is 12.5. The third-order valence-corrected chi connectivity index (χ3v) is 4.29. The number of aryl methyl sites for hydroxylation is 1. The SMILES string of the molecule is Cc1cnc(-c2c(F)cccc2Cl)n1NC(=O)c1ccc2c(c1)OCO2. The molecule has 0 saturated heterocycles. The zero-order valence-electron chi connectivity index (χ0n) is 13.6. The van der Waals surface area contributed by atoms with Crippen LogP contribution in [0.15, 0.2) is 42.6 Å². The Labute approximate surface area is 153 Å². The zero-order chi connectivity index (χ0) is 18.3. The lowest BCUT2D eigenvalue weighted by molar-refractivity contribution is 0.101. The molecule has 8 heteroatoms. The van der Waals surface area contributed by atoms with Crippen LogP contribution < -0.4 is 14.9 Å². The van der Waals surface area contributed by atoms with Crippen LogP contribution >= 0.6 is 11.6 Å². The van der Waals surface area contributed by atoms with Gasteiger partial charge in [0, 0.05) is 5.56 Å². The van der Waals surface area contributed by atoms with E-state index in [1.807, 2.05) is 0 Å². The number of nitrogens with one attached hydrogen (secondary N) is 1. The van der Waals surface area contributed by atoms with Gasteiger partial charge in [-0.1, -0.05) is 17.7 Å². The summed E-state index contributed by atoms with van der Waals surface area (Å²) in [5.74, 6) is 0.357. The molecule has 0 fully saturated rings. The predicted octanol–water partition coefficient (Wildman–Crippen LogP) is 3.76. The van der Waals surface area contributed by atoms with Gasteiger partial charge in [-0.25, -0.2) is 14.1 Å². The number of amides is 1. The third-order valence-electron chi connectivity index (χ3n) is 3.97. The van der Waals surface area contributed by atoms with Crippen molar-refractivity contribution in [1.29, 1.82) is 0 Å². The normalized spacial score (nSPS) is 12.3. The van der Waals surface area contributed by atoms with Gasteiger partial charge in [-0.2, -0.15) is 0 Å². The number of carbonyl (C=O) groups is 1. The Morgan fingerprint density at radius 1 is 1.27 bits per heavy atom. The van der Waals surface area contributed by atoms with Crippen molar-refractivity contribution < 1.29 is 18.7 Å². The van der Waals surface area contributed by atoms with E-state index in [4.69, 9.17) is 21.1 Å². The van der Waals surface area contributed by atoms with Crippen molar-refractivity contribution >= 4 is 17.5 Å². The average molecular weight is 374 g/mol. The maximum atomic E-state index is 14.3. The van der Waals surface area contributed by atoms with Crippen LogP contribution in [0.25, 0.3) is 11.4 Å². The van der Waals surface area contributed by atoms with Crippen molar-refractivity contribution in [3.05, 3.63) is 64.7 Å². The fraction of sp³-hybridized carbons (Fsp3) is 0.111. The van der Waals surface area contributed by atoms with E-state index < -0.39 is 11.7 Å². The molecule has 2 heterocycles. The Balaban J connectivity index is 1.69. The molecule has 0 radical (unpaired) electrons. The minimum Gasteiger partial charge on any atom is -0.454 e. The number of rotatable bonds is 3. The average Bonchev–Trinajstić information content (AvgIpc) is 3.22. The lowest BCUT2D eigenvalue weighted by Gasteiger charge is -2.13. The number of carbonyl (C=O) groups excluding carboxylic acids is 1. The molecule has 132 valence electrons. The number of benzene rings is 2. The summed E-state index contributed by atoms with van der Waals surface area (Å²) in [7, 11) is 0. The first-order valence-corrected chi connectivity index (χ1v) is 8.12. The number of nitrogens with zero attached hydrogens (tertiary/aromatic N) is 2. The van der Waals surface area contributed by atoms with E-state index in [1.165, 1.54) is 23.0 Å². The van der Waals surface area contributed by atoms with E-state index in [-0.39, 0.29) is 23.2 Å². The third kappa shape index (κ3) is 2.76. The number of ether oxygens (including phenoxy) is 2. The Kier molecular flexibility index (Phi) is 4.00. The van der Waals surface area contributed by atoms with Gasteiger partial charge in [0.1, 0.15) is 5.82 Å². The monoisotopic (exact) mass is 373 g/mol. The van der Waals surface area contributed by atoms with E-state index >= 15 is 0 Å². The molecule has 0 unspecified atom stereocenters. The molecule has 0 saturated carbocycles. The van der Waals surface area contributed by atoms with Gasteiger partial charge in [0.15, 0.2) is 17.3 Å². The highest BCUT2D eigenvalue weighted by molar-refractivity contribution is 6.33. The number of aromatic nitrogens is 2. The molecule has 1 aliphatic rings. The summed E-state index contributed by atoms with van der Waals surface area (Å²) >= 11 is 6.13. The second kappa shape index (κ2) is 6.34. The predicted molar refractivity (Wildman–Crippen MR) is 93.6 cm³/mol. The Morgan fingerprint density at radius 2 is 2.08 bits per heavy atom. The lowest BCUT2D eigenvalue weighted by Crippen LogP contribution is -2.24. The van der Waals surface area contributed by atoms with Crippen LogP contribution in [0.2, 0.25) is 5.02 Å². The Hall–Kier alpha value is -3.06. The van der Waals surface area contributed by atoms with Gasteiger partial charge >= 0.3 is 0 Å². The van der Waals surface area contributed by atoms with Gasteiger partial charge in [-0.05, 0) is 37.3 Å². The van der Waals surface area contributed by atoms with Crippen LogP contribution in [-0.2, 0) is 0 Å². The second-order valence-corrected chi connectivity index (χ2v) is 6.07. The number of hydrogen-bond donors (Lipinski definition) is 1. The minimum absolute atomic E-state index is 0.119. The standard InChI is InChI=1S/C18H13ClFN3O3/c1-10-8-21-17(16-12(19)3-2-4-13(16)20)23(10)22-18(24)11-5-6-14-15(7-11)26-9-25-14/h2-8H,9H2,1H3,(H,22,24). The fourth-order valence-corrected chi connectivity index (χ4v) is 2.92. The Morgan fingerprint density at radius 3 is 2.88 bits per heavy atom. The van der Waals surface area contributed by atoms with Crippen molar-refractivity contribution in [2.45, 2.75) is 6.92 Å². The summed E-state index contributed by atoms with van der Waals surface area (Å²) in [5, 5.41) is 0.203. The van der Waals surface area contributed by atoms with E-state index in [1.54, 1.807) is 31.2 Å². The minimum atomic E-state index is -0.526. The first kappa shape index (κ1) is 16.4. The highest BCUT2D eigenvalue weighted by Crippen LogP contribution is 2.33. The van der Waals surface area contributed by atoms with Gasteiger partial charge in [0.25, 0.3) is 5.91 Å². The molecule has 1 aliphatic heterocycles. The molecule has 1 aromatic heterocycles. The smallest absolute Gasteiger partial charge is 0.270 e. The molecule has 4 rings (SSSR count). The molecule has 0 bridgehead atoms. The highest BCUT2D eigenvalue weighted by atomic mass is 35.5. The summed E-state index contributed by atoms with van der Waals surface area (Å²) in [6.45, 7) is 1.86. The number of hydrogen-bond acceptors (Lipinski definition) is 4. The molecule has 3 aromatic rings. The van der Waals surface area contributed by atoms with Crippen LogP contribution in [0.4, 0.5) is 4.39 Å². The van der Waals surface area contributed by atoms with E-state index in [9.17, 15) is 9.18 Å². The molecule has 0 spiro atoms. The fourth-order valence-electron chi connectivity index (χ4n) is 2.67. The topological polar surface area (TPSA) is 65.4 Å². The van der Waals surface area contributed by atoms with Gasteiger partial charge in [-0.3, -0.25) is 10.2 Å².